The fourth-order valence-electron chi connectivity index (χ4n) is 3.83. The highest BCUT2D eigenvalue weighted by Gasteiger charge is 2.24. The fourth-order valence-corrected chi connectivity index (χ4v) is 3.83. The molecule has 2 N–H and O–H groups in total. The number of hydrogen-bond donors (Lipinski definition) is 2. The molecule has 25 heavy (non-hydrogen) atoms. The van der Waals surface area contributed by atoms with Crippen molar-refractivity contribution in [2.45, 2.75) is 38.8 Å². The number of piperazine rings is 1. The maximum absolute atomic E-state index is 12.4. The molecule has 1 aromatic carbocycles. The Balaban J connectivity index is 1.49. The van der Waals surface area contributed by atoms with Crippen LogP contribution >= 0.6 is 0 Å². The smallest absolute Gasteiger partial charge is 0.317 e. The predicted molar refractivity (Wildman–Crippen MR) is 96.9 cm³/mol. The molecule has 132 valence electrons. The summed E-state index contributed by atoms with van der Waals surface area (Å²) in [6.45, 7) is 4.97. The van der Waals surface area contributed by atoms with Gasteiger partial charge in [0.05, 0.1) is 17.9 Å². The molecular weight excluding hydrogens is 314 g/mol. The van der Waals surface area contributed by atoms with Crippen molar-refractivity contribution in [1.82, 2.24) is 25.3 Å². The van der Waals surface area contributed by atoms with E-state index in [1.54, 1.807) is 0 Å². The van der Waals surface area contributed by atoms with Gasteiger partial charge in [0.15, 0.2) is 0 Å². The summed E-state index contributed by atoms with van der Waals surface area (Å²) in [5, 5.41) is 11.2. The number of rotatable bonds is 3. The Morgan fingerprint density at radius 2 is 2.16 bits per heavy atom. The fraction of sp³-hybridized carbons (Fsp3) is 0.474. The average Bonchev–Trinajstić information content (AvgIpc) is 3.23. The van der Waals surface area contributed by atoms with Crippen LogP contribution in [0.5, 0.6) is 0 Å². The highest BCUT2D eigenvalue weighted by Crippen LogP contribution is 2.27. The highest BCUT2D eigenvalue weighted by atomic mass is 16.2. The zero-order valence-corrected chi connectivity index (χ0v) is 14.7. The van der Waals surface area contributed by atoms with E-state index >= 15 is 0 Å². The molecule has 1 aromatic heterocycles. The quantitative estimate of drug-likeness (QED) is 0.897. The third-order valence-electron chi connectivity index (χ3n) is 5.08. The van der Waals surface area contributed by atoms with E-state index in [9.17, 15) is 4.79 Å². The minimum Gasteiger partial charge on any atom is -0.332 e. The number of amides is 2. The molecule has 0 bridgehead atoms. The maximum atomic E-state index is 12.4. The summed E-state index contributed by atoms with van der Waals surface area (Å²) in [4.78, 5) is 14.3. The number of carbonyl (C=O) groups is 1. The van der Waals surface area contributed by atoms with Crippen molar-refractivity contribution in [3.63, 3.8) is 0 Å². The van der Waals surface area contributed by atoms with Crippen molar-refractivity contribution in [3.05, 3.63) is 47.3 Å². The summed E-state index contributed by atoms with van der Waals surface area (Å²) in [7, 11) is 0. The number of hydrogen-bond acceptors (Lipinski definition) is 3. The molecule has 1 aliphatic carbocycles. The van der Waals surface area contributed by atoms with Crippen LogP contribution in [0.15, 0.2) is 30.3 Å². The monoisotopic (exact) mass is 339 g/mol. The second-order valence-corrected chi connectivity index (χ2v) is 6.93. The number of fused-ring (bicyclic) bond motifs is 1. The molecule has 2 aliphatic rings. The van der Waals surface area contributed by atoms with Crippen LogP contribution in [0.1, 0.15) is 30.3 Å². The number of para-hydroxylation sites is 1. The lowest BCUT2D eigenvalue weighted by atomic mass is 10.2. The van der Waals surface area contributed by atoms with E-state index in [4.69, 9.17) is 5.10 Å². The summed E-state index contributed by atoms with van der Waals surface area (Å²) in [6.07, 6.45) is 3.27. The zero-order chi connectivity index (χ0) is 17.2. The molecule has 0 spiro atoms. The van der Waals surface area contributed by atoms with E-state index in [-0.39, 0.29) is 6.03 Å². The van der Waals surface area contributed by atoms with Gasteiger partial charge in [-0.05, 0) is 43.9 Å². The van der Waals surface area contributed by atoms with Crippen LogP contribution in [-0.4, -0.2) is 46.4 Å². The van der Waals surface area contributed by atoms with Crippen molar-refractivity contribution in [1.29, 1.82) is 0 Å². The Hall–Kier alpha value is -2.34. The molecule has 2 aromatic rings. The number of benzene rings is 1. The van der Waals surface area contributed by atoms with E-state index in [1.165, 1.54) is 11.3 Å². The van der Waals surface area contributed by atoms with Crippen molar-refractivity contribution in [2.75, 3.05) is 19.6 Å². The van der Waals surface area contributed by atoms with Gasteiger partial charge in [-0.2, -0.15) is 5.10 Å². The van der Waals surface area contributed by atoms with Crippen LogP contribution in [0.25, 0.3) is 5.69 Å². The molecule has 6 nitrogen and oxygen atoms in total. The molecule has 2 heterocycles. The molecule has 1 fully saturated rings. The lowest BCUT2D eigenvalue weighted by Gasteiger charge is -2.31. The molecular formula is C19H25N5O. The van der Waals surface area contributed by atoms with E-state index in [0.29, 0.717) is 12.6 Å². The summed E-state index contributed by atoms with van der Waals surface area (Å²) in [5.41, 5.74) is 4.71. The summed E-state index contributed by atoms with van der Waals surface area (Å²) in [6, 6.07) is 10.6. The Morgan fingerprint density at radius 1 is 1.32 bits per heavy atom. The standard InChI is InChI=1S/C19H25N5O/c1-14-13-23(11-10-20-14)19(25)21-12-17-16-8-5-9-18(16)24(22-17)15-6-3-2-4-7-15/h2-4,6-7,14,20H,5,8-13H2,1H3,(H,21,25). The third-order valence-corrected chi connectivity index (χ3v) is 5.08. The number of nitrogens with one attached hydrogen (secondary N) is 2. The maximum Gasteiger partial charge on any atom is 0.317 e. The first-order chi connectivity index (χ1) is 12.2. The van der Waals surface area contributed by atoms with Gasteiger partial charge >= 0.3 is 6.03 Å². The van der Waals surface area contributed by atoms with Gasteiger partial charge < -0.3 is 15.5 Å². The van der Waals surface area contributed by atoms with E-state index < -0.39 is 0 Å². The first-order valence-corrected chi connectivity index (χ1v) is 9.13. The average molecular weight is 339 g/mol. The summed E-state index contributed by atoms with van der Waals surface area (Å²) >= 11 is 0. The number of aromatic nitrogens is 2. The Morgan fingerprint density at radius 3 is 2.96 bits per heavy atom. The van der Waals surface area contributed by atoms with Gasteiger partial charge in [0.25, 0.3) is 0 Å². The topological polar surface area (TPSA) is 62.2 Å². The van der Waals surface area contributed by atoms with Gasteiger partial charge in [0.1, 0.15) is 0 Å². The highest BCUT2D eigenvalue weighted by molar-refractivity contribution is 5.74. The molecule has 2 amide bonds. The van der Waals surface area contributed by atoms with Crippen molar-refractivity contribution in [3.8, 4) is 5.69 Å². The number of nitrogens with zero attached hydrogens (tertiary/aromatic N) is 3. The third kappa shape index (κ3) is 3.26. The molecule has 4 rings (SSSR count). The van der Waals surface area contributed by atoms with Crippen LogP contribution in [-0.2, 0) is 19.4 Å². The van der Waals surface area contributed by atoms with Crippen molar-refractivity contribution in [2.24, 2.45) is 0 Å². The molecule has 1 aliphatic heterocycles. The van der Waals surface area contributed by atoms with Gasteiger partial charge in [-0.15, -0.1) is 0 Å². The Bertz CT molecular complexity index is 755. The van der Waals surface area contributed by atoms with Gasteiger partial charge in [0, 0.05) is 31.4 Å². The molecule has 1 saturated heterocycles. The van der Waals surface area contributed by atoms with Gasteiger partial charge in [0.2, 0.25) is 0 Å². The van der Waals surface area contributed by atoms with Gasteiger partial charge in [-0.1, -0.05) is 18.2 Å². The molecule has 0 radical (unpaired) electrons. The van der Waals surface area contributed by atoms with Crippen LogP contribution < -0.4 is 10.6 Å². The lowest BCUT2D eigenvalue weighted by molar-refractivity contribution is 0.179. The SMILES string of the molecule is CC1CN(C(=O)NCc2nn(-c3ccccc3)c3c2CCC3)CCN1. The van der Waals surface area contributed by atoms with Crippen LogP contribution in [0, 0.1) is 0 Å². The van der Waals surface area contributed by atoms with Gasteiger partial charge in [-0.25, -0.2) is 9.48 Å². The number of urea groups is 1. The van der Waals surface area contributed by atoms with E-state index in [2.05, 4.69) is 34.4 Å². The second-order valence-electron chi connectivity index (χ2n) is 6.93. The van der Waals surface area contributed by atoms with Gasteiger partial charge in [-0.3, -0.25) is 0 Å². The normalized spacial score (nSPS) is 19.7. The van der Waals surface area contributed by atoms with Crippen LogP contribution in [0.4, 0.5) is 4.79 Å². The van der Waals surface area contributed by atoms with Crippen LogP contribution in [0.3, 0.4) is 0 Å². The van der Waals surface area contributed by atoms with Crippen molar-refractivity contribution < 1.29 is 4.79 Å². The minimum atomic E-state index is 0.00866. The first-order valence-electron chi connectivity index (χ1n) is 9.13. The Kier molecular flexibility index (Phi) is 4.44. The largest absolute Gasteiger partial charge is 0.332 e. The minimum absolute atomic E-state index is 0.00866. The summed E-state index contributed by atoms with van der Waals surface area (Å²) < 4.78 is 2.05. The molecule has 0 saturated carbocycles. The molecule has 1 unspecified atom stereocenters. The van der Waals surface area contributed by atoms with E-state index in [1.807, 2.05) is 23.1 Å². The Labute approximate surface area is 148 Å². The number of carbonyl (C=O) groups excluding carboxylic acids is 1. The van der Waals surface area contributed by atoms with Crippen molar-refractivity contribution >= 4 is 6.03 Å². The molecule has 6 heteroatoms. The van der Waals surface area contributed by atoms with Crippen LogP contribution in [0.2, 0.25) is 0 Å². The predicted octanol–water partition coefficient (Wildman–Crippen LogP) is 1.86. The molecule has 1 atom stereocenters. The first kappa shape index (κ1) is 16.1. The lowest BCUT2D eigenvalue weighted by Crippen LogP contribution is -2.53. The zero-order valence-electron chi connectivity index (χ0n) is 14.7. The second kappa shape index (κ2) is 6.88. The van der Waals surface area contributed by atoms with E-state index in [0.717, 1.165) is 50.3 Å². The summed E-state index contributed by atoms with van der Waals surface area (Å²) in [5.74, 6) is 0.